The van der Waals surface area contributed by atoms with Crippen molar-refractivity contribution in [3.05, 3.63) is 48.4 Å². The van der Waals surface area contributed by atoms with Gasteiger partial charge in [0.25, 0.3) is 5.91 Å². The Bertz CT molecular complexity index is 684. The SMILES string of the molecule is O=C(NC1(C(=O)O)CCCC1)c1cccc(-c2ccoc2)c1. The molecule has 1 fully saturated rings. The molecule has 0 bridgehead atoms. The van der Waals surface area contributed by atoms with E-state index in [1.807, 2.05) is 12.1 Å². The minimum atomic E-state index is -1.12. The Morgan fingerprint density at radius 3 is 2.55 bits per heavy atom. The van der Waals surface area contributed by atoms with E-state index < -0.39 is 11.5 Å². The molecule has 1 heterocycles. The number of benzene rings is 1. The van der Waals surface area contributed by atoms with E-state index in [1.54, 1.807) is 30.7 Å². The largest absolute Gasteiger partial charge is 0.480 e. The van der Waals surface area contributed by atoms with E-state index in [4.69, 9.17) is 4.42 Å². The number of carbonyl (C=O) groups excluding carboxylic acids is 1. The summed E-state index contributed by atoms with van der Waals surface area (Å²) in [7, 11) is 0. The van der Waals surface area contributed by atoms with E-state index in [2.05, 4.69) is 5.32 Å². The fourth-order valence-electron chi connectivity index (χ4n) is 2.93. The van der Waals surface area contributed by atoms with Gasteiger partial charge in [0.05, 0.1) is 12.5 Å². The molecular weight excluding hydrogens is 282 g/mol. The lowest BCUT2D eigenvalue weighted by Crippen LogP contribution is -2.52. The van der Waals surface area contributed by atoms with Crippen LogP contribution in [0.3, 0.4) is 0 Å². The predicted molar refractivity (Wildman–Crippen MR) is 80.4 cm³/mol. The van der Waals surface area contributed by atoms with Crippen LogP contribution >= 0.6 is 0 Å². The molecule has 0 unspecified atom stereocenters. The smallest absolute Gasteiger partial charge is 0.329 e. The van der Waals surface area contributed by atoms with Crippen molar-refractivity contribution in [2.24, 2.45) is 0 Å². The Morgan fingerprint density at radius 2 is 1.91 bits per heavy atom. The van der Waals surface area contributed by atoms with Gasteiger partial charge in [-0.05, 0) is 36.6 Å². The third-order valence-electron chi connectivity index (χ3n) is 4.20. The first-order chi connectivity index (χ1) is 10.6. The number of nitrogens with one attached hydrogen (secondary N) is 1. The second-order valence-corrected chi connectivity index (χ2v) is 5.64. The van der Waals surface area contributed by atoms with Gasteiger partial charge in [-0.2, -0.15) is 0 Å². The van der Waals surface area contributed by atoms with E-state index in [9.17, 15) is 14.7 Å². The molecule has 0 radical (unpaired) electrons. The predicted octanol–water partition coefficient (Wildman–Crippen LogP) is 3.07. The van der Waals surface area contributed by atoms with Gasteiger partial charge in [-0.1, -0.05) is 25.0 Å². The summed E-state index contributed by atoms with van der Waals surface area (Å²) >= 11 is 0. The lowest BCUT2D eigenvalue weighted by Gasteiger charge is -2.25. The molecule has 2 N–H and O–H groups in total. The van der Waals surface area contributed by atoms with E-state index in [0.717, 1.165) is 24.0 Å². The Labute approximate surface area is 127 Å². The molecule has 1 aliphatic carbocycles. The van der Waals surface area contributed by atoms with Crippen LogP contribution in [0, 0.1) is 0 Å². The second-order valence-electron chi connectivity index (χ2n) is 5.64. The highest BCUT2D eigenvalue weighted by molar-refractivity contribution is 5.98. The summed E-state index contributed by atoms with van der Waals surface area (Å²) in [6.07, 6.45) is 5.78. The average molecular weight is 299 g/mol. The summed E-state index contributed by atoms with van der Waals surface area (Å²) in [6, 6.07) is 8.89. The third-order valence-corrected chi connectivity index (χ3v) is 4.20. The van der Waals surface area contributed by atoms with E-state index in [0.29, 0.717) is 18.4 Å². The van der Waals surface area contributed by atoms with Crippen LogP contribution in [-0.2, 0) is 4.79 Å². The highest BCUT2D eigenvalue weighted by atomic mass is 16.4. The first-order valence-electron chi connectivity index (χ1n) is 7.29. The molecule has 1 aromatic carbocycles. The molecule has 3 rings (SSSR count). The maximum atomic E-state index is 12.4. The number of hydrogen-bond donors (Lipinski definition) is 2. The zero-order chi connectivity index (χ0) is 15.6. The fourth-order valence-corrected chi connectivity index (χ4v) is 2.93. The third kappa shape index (κ3) is 2.62. The quantitative estimate of drug-likeness (QED) is 0.909. The molecule has 5 heteroatoms. The molecule has 1 saturated carbocycles. The molecule has 1 aromatic heterocycles. The van der Waals surface area contributed by atoms with Crippen LogP contribution < -0.4 is 5.32 Å². The summed E-state index contributed by atoms with van der Waals surface area (Å²) in [5.74, 6) is -1.31. The van der Waals surface area contributed by atoms with Gasteiger partial charge in [0.1, 0.15) is 5.54 Å². The van der Waals surface area contributed by atoms with Crippen molar-refractivity contribution in [3.63, 3.8) is 0 Å². The normalized spacial score (nSPS) is 16.4. The van der Waals surface area contributed by atoms with Crippen molar-refractivity contribution in [2.75, 3.05) is 0 Å². The van der Waals surface area contributed by atoms with Crippen molar-refractivity contribution >= 4 is 11.9 Å². The minimum Gasteiger partial charge on any atom is -0.480 e. The van der Waals surface area contributed by atoms with Crippen molar-refractivity contribution in [1.82, 2.24) is 5.32 Å². The fraction of sp³-hybridized carbons (Fsp3) is 0.294. The summed E-state index contributed by atoms with van der Waals surface area (Å²) in [4.78, 5) is 24.0. The molecule has 114 valence electrons. The summed E-state index contributed by atoms with van der Waals surface area (Å²) in [6.45, 7) is 0. The van der Waals surface area contributed by atoms with Gasteiger partial charge in [-0.3, -0.25) is 4.79 Å². The maximum absolute atomic E-state index is 12.4. The molecule has 0 atom stereocenters. The monoisotopic (exact) mass is 299 g/mol. The molecule has 2 aromatic rings. The number of rotatable bonds is 4. The molecule has 0 spiro atoms. The summed E-state index contributed by atoms with van der Waals surface area (Å²) in [5.41, 5.74) is 1.06. The highest BCUT2D eigenvalue weighted by Crippen LogP contribution is 2.30. The van der Waals surface area contributed by atoms with Crippen LogP contribution in [0.4, 0.5) is 0 Å². The standard InChI is InChI=1S/C17H17NO4/c19-15(18-17(16(20)21)7-1-2-8-17)13-5-3-4-12(10-13)14-6-9-22-11-14/h3-6,9-11H,1-2,7-8H2,(H,18,19)(H,20,21). The van der Waals surface area contributed by atoms with Crippen LogP contribution in [0.2, 0.25) is 0 Å². The Morgan fingerprint density at radius 1 is 1.14 bits per heavy atom. The zero-order valence-electron chi connectivity index (χ0n) is 12.0. The van der Waals surface area contributed by atoms with Crippen LogP contribution in [0.5, 0.6) is 0 Å². The molecule has 0 saturated heterocycles. The number of aliphatic carboxylic acids is 1. The van der Waals surface area contributed by atoms with Crippen molar-refractivity contribution in [3.8, 4) is 11.1 Å². The summed E-state index contributed by atoms with van der Waals surface area (Å²) in [5, 5.41) is 12.2. The van der Waals surface area contributed by atoms with Gasteiger partial charge in [-0.15, -0.1) is 0 Å². The molecule has 5 nitrogen and oxygen atoms in total. The lowest BCUT2D eigenvalue weighted by atomic mass is 9.96. The first-order valence-corrected chi connectivity index (χ1v) is 7.29. The van der Waals surface area contributed by atoms with Gasteiger partial charge >= 0.3 is 5.97 Å². The molecular formula is C17H17NO4. The zero-order valence-corrected chi connectivity index (χ0v) is 12.0. The van der Waals surface area contributed by atoms with Crippen LogP contribution in [0.1, 0.15) is 36.0 Å². The number of furan rings is 1. The Balaban J connectivity index is 1.83. The molecule has 1 aliphatic rings. The van der Waals surface area contributed by atoms with E-state index >= 15 is 0 Å². The number of amides is 1. The average Bonchev–Trinajstić information content (AvgIpc) is 3.19. The van der Waals surface area contributed by atoms with Gasteiger partial charge in [0.15, 0.2) is 0 Å². The second kappa shape index (κ2) is 5.67. The van der Waals surface area contributed by atoms with Crippen molar-refractivity contribution < 1.29 is 19.1 Å². The Hall–Kier alpha value is -2.56. The van der Waals surface area contributed by atoms with E-state index in [-0.39, 0.29) is 5.91 Å². The van der Waals surface area contributed by atoms with Crippen molar-refractivity contribution in [2.45, 2.75) is 31.2 Å². The summed E-state index contributed by atoms with van der Waals surface area (Å²) < 4.78 is 5.05. The maximum Gasteiger partial charge on any atom is 0.329 e. The van der Waals surface area contributed by atoms with Crippen molar-refractivity contribution in [1.29, 1.82) is 0 Å². The lowest BCUT2D eigenvalue weighted by molar-refractivity contribution is -0.144. The molecule has 0 aliphatic heterocycles. The molecule has 1 amide bonds. The van der Waals surface area contributed by atoms with Crippen LogP contribution in [-0.4, -0.2) is 22.5 Å². The number of carboxylic acids is 1. The van der Waals surface area contributed by atoms with E-state index in [1.165, 1.54) is 0 Å². The number of carboxylic acid groups (broad SMARTS) is 1. The van der Waals surface area contributed by atoms with Gasteiger partial charge in [0, 0.05) is 11.1 Å². The van der Waals surface area contributed by atoms with Crippen LogP contribution in [0.15, 0.2) is 47.3 Å². The first kappa shape index (κ1) is 14.4. The van der Waals surface area contributed by atoms with Gasteiger partial charge in [-0.25, -0.2) is 4.79 Å². The highest BCUT2D eigenvalue weighted by Gasteiger charge is 2.42. The van der Waals surface area contributed by atoms with Gasteiger partial charge in [0.2, 0.25) is 0 Å². The topological polar surface area (TPSA) is 79.5 Å². The van der Waals surface area contributed by atoms with Gasteiger partial charge < -0.3 is 14.8 Å². The molecule has 22 heavy (non-hydrogen) atoms. The number of hydrogen-bond acceptors (Lipinski definition) is 3. The van der Waals surface area contributed by atoms with Crippen LogP contribution in [0.25, 0.3) is 11.1 Å². The minimum absolute atomic E-state index is 0.352. The number of carbonyl (C=O) groups is 2. The Kier molecular flexibility index (Phi) is 3.71.